The zero-order valence-electron chi connectivity index (χ0n) is 15.4. The van der Waals surface area contributed by atoms with Crippen molar-refractivity contribution in [1.82, 2.24) is 0 Å². The SMILES string of the molecule is CCO[Si](CCCOC(=O)C1CC2OC2CC1C)(OCC)OCC. The van der Waals surface area contributed by atoms with Gasteiger partial charge in [-0.25, -0.2) is 0 Å². The van der Waals surface area contributed by atoms with Crippen LogP contribution in [0.2, 0.25) is 6.04 Å². The molecule has 0 radical (unpaired) electrons. The van der Waals surface area contributed by atoms with Crippen molar-refractivity contribution >= 4 is 14.8 Å². The molecular weight excluding hydrogens is 328 g/mol. The molecule has 0 amide bonds. The maximum Gasteiger partial charge on any atom is 0.501 e. The Morgan fingerprint density at radius 3 is 2.21 bits per heavy atom. The molecular formula is C17H32O6Si. The first-order chi connectivity index (χ1) is 11.5. The van der Waals surface area contributed by atoms with Crippen LogP contribution in [-0.4, -0.2) is 53.4 Å². The number of carbonyl (C=O) groups excluding carboxylic acids is 1. The predicted octanol–water partition coefficient (Wildman–Crippen LogP) is 2.78. The first-order valence-electron chi connectivity index (χ1n) is 9.29. The van der Waals surface area contributed by atoms with E-state index in [1.54, 1.807) is 0 Å². The fraction of sp³-hybridized carbons (Fsp3) is 0.941. The molecule has 0 aromatic rings. The highest BCUT2D eigenvalue weighted by Crippen LogP contribution is 2.43. The molecule has 7 heteroatoms. The highest BCUT2D eigenvalue weighted by molar-refractivity contribution is 6.60. The van der Waals surface area contributed by atoms with Gasteiger partial charge in [0.2, 0.25) is 0 Å². The van der Waals surface area contributed by atoms with Crippen LogP contribution in [0.3, 0.4) is 0 Å². The van der Waals surface area contributed by atoms with E-state index in [-0.39, 0.29) is 18.0 Å². The fourth-order valence-electron chi connectivity index (χ4n) is 3.51. The smallest absolute Gasteiger partial charge is 0.465 e. The van der Waals surface area contributed by atoms with E-state index in [0.29, 0.717) is 50.9 Å². The number of fused-ring (bicyclic) bond motifs is 1. The monoisotopic (exact) mass is 360 g/mol. The van der Waals surface area contributed by atoms with E-state index in [1.165, 1.54) is 0 Å². The van der Waals surface area contributed by atoms with Gasteiger partial charge in [-0.15, -0.1) is 0 Å². The molecule has 1 aliphatic heterocycles. The van der Waals surface area contributed by atoms with Crippen LogP contribution in [0.1, 0.15) is 47.0 Å². The average Bonchev–Trinajstić information content (AvgIpc) is 3.29. The van der Waals surface area contributed by atoms with Gasteiger partial charge in [0.1, 0.15) is 0 Å². The Bertz CT molecular complexity index is 388. The van der Waals surface area contributed by atoms with Crippen LogP contribution in [0, 0.1) is 11.8 Å². The van der Waals surface area contributed by atoms with Gasteiger partial charge < -0.3 is 22.8 Å². The normalized spacial score (nSPS) is 29.2. The first kappa shape index (κ1) is 19.8. The molecule has 2 aliphatic rings. The lowest BCUT2D eigenvalue weighted by Crippen LogP contribution is -2.46. The predicted molar refractivity (Wildman–Crippen MR) is 91.6 cm³/mol. The number of rotatable bonds is 11. The second-order valence-corrected chi connectivity index (χ2v) is 9.25. The molecule has 1 heterocycles. The maximum atomic E-state index is 12.3. The van der Waals surface area contributed by atoms with Crippen LogP contribution in [0.15, 0.2) is 0 Å². The fourth-order valence-corrected chi connectivity index (χ4v) is 6.09. The van der Waals surface area contributed by atoms with Crippen molar-refractivity contribution < 1.29 is 27.5 Å². The first-order valence-corrected chi connectivity index (χ1v) is 11.2. The topological polar surface area (TPSA) is 66.5 Å². The van der Waals surface area contributed by atoms with Crippen molar-refractivity contribution in [3.05, 3.63) is 0 Å². The number of carbonyl (C=O) groups is 1. The molecule has 6 nitrogen and oxygen atoms in total. The van der Waals surface area contributed by atoms with Crippen molar-refractivity contribution in [3.8, 4) is 0 Å². The van der Waals surface area contributed by atoms with E-state index in [4.69, 9.17) is 22.8 Å². The van der Waals surface area contributed by atoms with Gasteiger partial charge in [0.25, 0.3) is 0 Å². The van der Waals surface area contributed by atoms with Gasteiger partial charge in [-0.3, -0.25) is 4.79 Å². The van der Waals surface area contributed by atoms with Crippen molar-refractivity contribution in [2.75, 3.05) is 26.4 Å². The van der Waals surface area contributed by atoms with Gasteiger partial charge >= 0.3 is 14.8 Å². The zero-order chi connectivity index (χ0) is 17.6. The minimum absolute atomic E-state index is 0.0265. The second kappa shape index (κ2) is 9.29. The van der Waals surface area contributed by atoms with E-state index in [0.717, 1.165) is 12.8 Å². The average molecular weight is 361 g/mol. The van der Waals surface area contributed by atoms with Crippen molar-refractivity contribution in [1.29, 1.82) is 0 Å². The van der Waals surface area contributed by atoms with Gasteiger partial charge in [-0.1, -0.05) is 6.92 Å². The van der Waals surface area contributed by atoms with Crippen molar-refractivity contribution in [2.45, 2.75) is 65.2 Å². The highest BCUT2D eigenvalue weighted by Gasteiger charge is 2.49. The zero-order valence-corrected chi connectivity index (χ0v) is 16.4. The standard InChI is InChI=1S/C17H32O6Si/c1-5-20-24(21-6-2,22-7-3)10-8-9-19-17(18)14-12-16-15(23-16)11-13(14)4/h13-16H,5-12H2,1-4H3. The number of hydrogen-bond donors (Lipinski definition) is 0. The van der Waals surface area contributed by atoms with E-state index < -0.39 is 8.80 Å². The molecule has 1 saturated heterocycles. The Morgan fingerprint density at radius 2 is 1.62 bits per heavy atom. The Balaban J connectivity index is 1.74. The van der Waals surface area contributed by atoms with E-state index in [1.807, 2.05) is 20.8 Å². The molecule has 2 rings (SSSR count). The summed E-state index contributed by atoms with van der Waals surface area (Å²) in [5.74, 6) is 0.222. The summed E-state index contributed by atoms with van der Waals surface area (Å²) in [6, 6.07) is 0.670. The van der Waals surface area contributed by atoms with Gasteiger partial charge in [-0.2, -0.15) is 0 Å². The third kappa shape index (κ3) is 5.26. The summed E-state index contributed by atoms with van der Waals surface area (Å²) in [6.45, 7) is 10.0. The highest BCUT2D eigenvalue weighted by atomic mass is 28.4. The molecule has 140 valence electrons. The van der Waals surface area contributed by atoms with Crippen LogP contribution in [0.4, 0.5) is 0 Å². The van der Waals surface area contributed by atoms with Crippen LogP contribution < -0.4 is 0 Å². The van der Waals surface area contributed by atoms with Gasteiger partial charge in [0.05, 0.1) is 24.7 Å². The summed E-state index contributed by atoms with van der Waals surface area (Å²) < 4.78 is 28.5. The minimum Gasteiger partial charge on any atom is -0.465 e. The van der Waals surface area contributed by atoms with Crippen LogP contribution >= 0.6 is 0 Å². The van der Waals surface area contributed by atoms with Crippen molar-refractivity contribution in [3.63, 3.8) is 0 Å². The molecule has 1 saturated carbocycles. The van der Waals surface area contributed by atoms with Gasteiger partial charge in [0, 0.05) is 25.9 Å². The van der Waals surface area contributed by atoms with Crippen LogP contribution in [0.5, 0.6) is 0 Å². The summed E-state index contributed by atoms with van der Waals surface area (Å²) in [7, 11) is -2.64. The summed E-state index contributed by atoms with van der Waals surface area (Å²) in [4.78, 5) is 12.3. The lowest BCUT2D eigenvalue weighted by atomic mass is 9.80. The summed E-state index contributed by atoms with van der Waals surface area (Å²) in [6.07, 6.45) is 3.15. The third-order valence-electron chi connectivity index (χ3n) is 4.73. The summed E-state index contributed by atoms with van der Waals surface area (Å²) >= 11 is 0. The Morgan fingerprint density at radius 1 is 1.04 bits per heavy atom. The van der Waals surface area contributed by atoms with Crippen LogP contribution in [0.25, 0.3) is 0 Å². The number of epoxide rings is 1. The molecule has 4 unspecified atom stereocenters. The molecule has 1 aliphatic carbocycles. The Kier molecular flexibility index (Phi) is 7.68. The van der Waals surface area contributed by atoms with E-state index in [9.17, 15) is 4.79 Å². The number of esters is 1. The maximum absolute atomic E-state index is 12.3. The lowest BCUT2D eigenvalue weighted by Gasteiger charge is -2.28. The molecule has 0 bridgehead atoms. The number of hydrogen-bond acceptors (Lipinski definition) is 6. The summed E-state index contributed by atoms with van der Waals surface area (Å²) in [5, 5.41) is 0. The van der Waals surface area contributed by atoms with E-state index >= 15 is 0 Å². The Labute approximate surface area is 146 Å². The molecule has 2 fully saturated rings. The minimum atomic E-state index is -2.64. The van der Waals surface area contributed by atoms with E-state index in [2.05, 4.69) is 6.92 Å². The molecule has 24 heavy (non-hydrogen) atoms. The molecule has 0 aromatic heterocycles. The number of ether oxygens (including phenoxy) is 2. The molecule has 4 atom stereocenters. The van der Waals surface area contributed by atoms with Gasteiger partial charge in [0.15, 0.2) is 0 Å². The van der Waals surface area contributed by atoms with Gasteiger partial charge in [-0.05, 0) is 46.0 Å². The molecule has 0 aromatic carbocycles. The Hall–Kier alpha value is -0.473. The molecule has 0 spiro atoms. The molecule has 0 N–H and O–H groups in total. The quantitative estimate of drug-likeness (QED) is 0.244. The van der Waals surface area contributed by atoms with Crippen molar-refractivity contribution in [2.24, 2.45) is 11.8 Å². The lowest BCUT2D eigenvalue weighted by molar-refractivity contribution is -0.151. The summed E-state index contributed by atoms with van der Waals surface area (Å²) in [5.41, 5.74) is 0. The van der Waals surface area contributed by atoms with Crippen LogP contribution in [-0.2, 0) is 27.5 Å². The second-order valence-electron chi connectivity index (χ2n) is 6.52. The third-order valence-corrected chi connectivity index (χ3v) is 7.88. The largest absolute Gasteiger partial charge is 0.501 e.